The predicted octanol–water partition coefficient (Wildman–Crippen LogP) is 9.70. The summed E-state index contributed by atoms with van der Waals surface area (Å²) in [6, 6.07) is 27.3. The van der Waals surface area contributed by atoms with Crippen LogP contribution < -0.4 is 0 Å². The topological polar surface area (TPSA) is 0 Å². The summed E-state index contributed by atoms with van der Waals surface area (Å²) >= 11 is 0. The van der Waals surface area contributed by atoms with Gasteiger partial charge in [0.2, 0.25) is 0 Å². The normalized spacial score (nSPS) is 13.0. The second kappa shape index (κ2) is 10.3. The lowest BCUT2D eigenvalue weighted by molar-refractivity contribution is 0.865. The van der Waals surface area contributed by atoms with Crippen LogP contribution in [-0.2, 0) is 12.3 Å². The van der Waals surface area contributed by atoms with E-state index in [9.17, 15) is 0 Å². The summed E-state index contributed by atoms with van der Waals surface area (Å²) in [6.07, 6.45) is 7.39. The molecule has 0 aromatic heterocycles. The molecule has 162 valence electrons. The number of fused-ring (bicyclic) bond motifs is 7. The van der Waals surface area contributed by atoms with E-state index in [-0.39, 0.29) is 7.92 Å². The van der Waals surface area contributed by atoms with Crippen molar-refractivity contribution in [3.63, 3.8) is 0 Å². The fraction of sp³-hybridized carbons (Fsp3) is 0.226. The summed E-state index contributed by atoms with van der Waals surface area (Å²) in [5.41, 5.74) is 7.47. The Hall–Kier alpha value is -2.69. The maximum Gasteiger partial charge on any atom is -0.00606 e. The average Bonchev–Trinajstić information content (AvgIpc) is 3.01. The Balaban J connectivity index is 0.00000119. The van der Waals surface area contributed by atoms with Gasteiger partial charge in [0.25, 0.3) is 0 Å². The van der Waals surface area contributed by atoms with Crippen molar-refractivity contribution in [2.45, 2.75) is 38.5 Å². The highest BCUT2D eigenvalue weighted by Gasteiger charge is 2.24. The summed E-state index contributed by atoms with van der Waals surface area (Å²) in [5.74, 6) is 0. The Labute approximate surface area is 194 Å². The molecule has 1 heteroatoms. The Kier molecular flexibility index (Phi) is 7.23. The van der Waals surface area contributed by atoms with E-state index < -0.39 is 0 Å². The molecule has 4 aromatic rings. The van der Waals surface area contributed by atoms with Gasteiger partial charge in [-0.05, 0) is 81.5 Å². The molecule has 0 fully saturated rings. The molecule has 0 bridgehead atoms. The molecule has 5 rings (SSSR count). The maximum absolute atomic E-state index is 4.22. The van der Waals surface area contributed by atoms with E-state index in [0.717, 1.165) is 6.42 Å². The molecular weight excluding hydrogens is 403 g/mol. The standard InChI is InChI=1S/C29H29P.C2H4/c1-3-21(2)9-8-18-30-19-24-16-14-22-10-4-6-12-26(22)28(24)29-25(20-30)17-15-23-11-5-7-13-27(23)29;1-2/h4-7,10-17H,2-3,8-9,18-20H2,1H3;1-2H2. The first-order valence-corrected chi connectivity index (χ1v) is 13.5. The van der Waals surface area contributed by atoms with Gasteiger partial charge in [0.15, 0.2) is 0 Å². The van der Waals surface area contributed by atoms with Gasteiger partial charge < -0.3 is 0 Å². The zero-order valence-electron chi connectivity index (χ0n) is 19.2. The summed E-state index contributed by atoms with van der Waals surface area (Å²) in [7, 11) is -0.0591. The lowest BCUT2D eigenvalue weighted by Crippen LogP contribution is -1.93. The second-order valence-electron chi connectivity index (χ2n) is 8.56. The van der Waals surface area contributed by atoms with Gasteiger partial charge >= 0.3 is 0 Å². The molecule has 0 aliphatic carbocycles. The number of hydrogen-bond acceptors (Lipinski definition) is 0. The minimum Gasteiger partial charge on any atom is -0.106 e. The molecule has 0 radical (unpaired) electrons. The molecule has 0 amide bonds. The van der Waals surface area contributed by atoms with E-state index in [4.69, 9.17) is 0 Å². The summed E-state index contributed by atoms with van der Waals surface area (Å²) in [6.45, 7) is 12.4. The third kappa shape index (κ3) is 4.43. The first-order valence-electron chi connectivity index (χ1n) is 11.6. The quantitative estimate of drug-likeness (QED) is 0.216. The second-order valence-corrected chi connectivity index (χ2v) is 11.0. The minimum atomic E-state index is -0.0591. The molecule has 0 N–H and O–H groups in total. The molecule has 0 saturated heterocycles. The Morgan fingerprint density at radius 1 is 0.750 bits per heavy atom. The molecule has 0 spiro atoms. The Bertz CT molecular complexity index is 1160. The van der Waals surface area contributed by atoms with Gasteiger partial charge in [0, 0.05) is 0 Å². The van der Waals surface area contributed by atoms with E-state index in [1.165, 1.54) is 69.6 Å². The van der Waals surface area contributed by atoms with Crippen LogP contribution in [-0.4, -0.2) is 6.16 Å². The summed E-state index contributed by atoms with van der Waals surface area (Å²) in [4.78, 5) is 0. The van der Waals surface area contributed by atoms with Gasteiger partial charge in [-0.1, -0.05) is 99.8 Å². The highest BCUT2D eigenvalue weighted by Crippen LogP contribution is 2.53. The molecule has 1 aliphatic rings. The van der Waals surface area contributed by atoms with Gasteiger partial charge in [-0.15, -0.1) is 13.2 Å². The lowest BCUT2D eigenvalue weighted by Gasteiger charge is -2.17. The van der Waals surface area contributed by atoms with Crippen molar-refractivity contribution in [2.24, 2.45) is 0 Å². The van der Waals surface area contributed by atoms with Crippen LogP contribution in [0, 0.1) is 0 Å². The van der Waals surface area contributed by atoms with Crippen LogP contribution in [0.4, 0.5) is 0 Å². The van der Waals surface area contributed by atoms with E-state index in [1.807, 2.05) is 0 Å². The number of hydrogen-bond donors (Lipinski definition) is 0. The fourth-order valence-electron chi connectivity index (χ4n) is 4.91. The number of allylic oxidation sites excluding steroid dienone is 1. The highest BCUT2D eigenvalue weighted by atomic mass is 31.1. The van der Waals surface area contributed by atoms with E-state index in [1.54, 1.807) is 11.1 Å². The zero-order valence-corrected chi connectivity index (χ0v) is 20.1. The van der Waals surface area contributed by atoms with Crippen molar-refractivity contribution in [1.29, 1.82) is 0 Å². The van der Waals surface area contributed by atoms with Crippen molar-refractivity contribution >= 4 is 29.5 Å². The molecule has 4 aromatic carbocycles. The van der Waals surface area contributed by atoms with Crippen molar-refractivity contribution in [2.75, 3.05) is 6.16 Å². The monoisotopic (exact) mass is 436 g/mol. The van der Waals surface area contributed by atoms with Gasteiger partial charge in [-0.2, -0.15) is 0 Å². The molecule has 1 aliphatic heterocycles. The van der Waals surface area contributed by atoms with Gasteiger partial charge in [0.05, 0.1) is 0 Å². The molecule has 0 unspecified atom stereocenters. The molecule has 0 saturated carbocycles. The lowest BCUT2D eigenvalue weighted by atomic mass is 9.88. The minimum absolute atomic E-state index is 0.0591. The SMILES string of the molecule is C=C.C=C(CC)CCCP1Cc2ccc3ccccc3c2-c2c(ccc3ccccc23)C1. The Morgan fingerprint density at radius 3 is 1.75 bits per heavy atom. The van der Waals surface area contributed by atoms with Gasteiger partial charge in [-0.25, -0.2) is 0 Å². The molecular formula is C31H33P. The maximum atomic E-state index is 4.22. The van der Waals surface area contributed by atoms with Crippen LogP contribution in [0.5, 0.6) is 0 Å². The third-order valence-electron chi connectivity index (χ3n) is 6.57. The number of benzene rings is 4. The van der Waals surface area contributed by atoms with Crippen LogP contribution in [0.25, 0.3) is 32.7 Å². The van der Waals surface area contributed by atoms with Gasteiger partial charge in [-0.3, -0.25) is 0 Å². The molecule has 0 nitrogen and oxygen atoms in total. The van der Waals surface area contributed by atoms with Gasteiger partial charge in [0.1, 0.15) is 0 Å². The summed E-state index contributed by atoms with van der Waals surface area (Å²) in [5, 5.41) is 5.51. The van der Waals surface area contributed by atoms with E-state index in [0.29, 0.717) is 0 Å². The van der Waals surface area contributed by atoms with Crippen molar-refractivity contribution in [3.05, 3.63) is 109 Å². The van der Waals surface area contributed by atoms with Crippen molar-refractivity contribution < 1.29 is 0 Å². The Morgan fingerprint density at radius 2 is 1.25 bits per heavy atom. The molecule has 0 atom stereocenters. The smallest absolute Gasteiger partial charge is 0.00606 e. The van der Waals surface area contributed by atoms with Crippen LogP contribution in [0.15, 0.2) is 98.1 Å². The number of rotatable bonds is 5. The van der Waals surface area contributed by atoms with Crippen molar-refractivity contribution in [1.82, 2.24) is 0 Å². The van der Waals surface area contributed by atoms with Crippen LogP contribution >= 0.6 is 7.92 Å². The van der Waals surface area contributed by atoms with Crippen LogP contribution in [0.3, 0.4) is 0 Å². The molecule has 1 heterocycles. The average molecular weight is 437 g/mol. The molecule has 32 heavy (non-hydrogen) atoms. The largest absolute Gasteiger partial charge is 0.106 e. The first-order chi connectivity index (χ1) is 15.7. The summed E-state index contributed by atoms with van der Waals surface area (Å²) < 4.78 is 0. The fourth-order valence-corrected chi connectivity index (χ4v) is 7.44. The third-order valence-corrected chi connectivity index (χ3v) is 9.10. The zero-order chi connectivity index (χ0) is 22.5. The van der Waals surface area contributed by atoms with Crippen LogP contribution in [0.1, 0.15) is 37.3 Å². The van der Waals surface area contributed by atoms with Crippen LogP contribution in [0.2, 0.25) is 0 Å². The predicted molar refractivity (Wildman–Crippen MR) is 146 cm³/mol. The van der Waals surface area contributed by atoms with E-state index >= 15 is 0 Å². The van der Waals surface area contributed by atoms with Crippen molar-refractivity contribution in [3.8, 4) is 11.1 Å². The van der Waals surface area contributed by atoms with E-state index in [2.05, 4.69) is 99.5 Å². The highest BCUT2D eigenvalue weighted by molar-refractivity contribution is 7.56. The first kappa shape index (κ1) is 22.5.